The van der Waals surface area contributed by atoms with Crippen LogP contribution in [-0.4, -0.2) is 42.3 Å². The fourth-order valence-corrected chi connectivity index (χ4v) is 8.45. The number of carbonyl (C=O) groups excluding carboxylic acids is 1. The third-order valence-electron chi connectivity index (χ3n) is 9.85. The summed E-state index contributed by atoms with van der Waals surface area (Å²) in [4.78, 5) is 12.0. The van der Waals surface area contributed by atoms with Crippen LogP contribution >= 0.6 is 0 Å². The Bertz CT molecular complexity index is 759. The molecule has 0 aromatic heterocycles. The van der Waals surface area contributed by atoms with E-state index in [0.717, 1.165) is 44.9 Å². The molecule has 5 heteroatoms. The number of methoxy groups -OCH3 is 1. The van der Waals surface area contributed by atoms with Crippen molar-refractivity contribution in [1.29, 1.82) is 0 Å². The average Bonchev–Trinajstić information content (AvgIpc) is 3.18. The lowest BCUT2D eigenvalue weighted by atomic mass is 9.43. The van der Waals surface area contributed by atoms with Crippen molar-refractivity contribution >= 4 is 5.97 Å². The van der Waals surface area contributed by atoms with Crippen molar-refractivity contribution in [3.8, 4) is 0 Å². The summed E-state index contributed by atoms with van der Waals surface area (Å²) in [5.41, 5.74) is 1.48. The number of ether oxygens (including phenoxy) is 3. The Morgan fingerprint density at radius 3 is 2.50 bits per heavy atom. The molecule has 9 atom stereocenters. The van der Waals surface area contributed by atoms with Gasteiger partial charge < -0.3 is 19.3 Å². The molecule has 168 valence electrons. The van der Waals surface area contributed by atoms with Crippen molar-refractivity contribution in [1.82, 2.24) is 0 Å². The van der Waals surface area contributed by atoms with Crippen molar-refractivity contribution in [2.75, 3.05) is 7.11 Å². The Balaban J connectivity index is 1.55. The van der Waals surface area contributed by atoms with Gasteiger partial charge >= 0.3 is 5.97 Å². The smallest absolute Gasteiger partial charge is 0.330 e. The molecule has 4 unspecified atom stereocenters. The number of aliphatic hydroxyl groups is 1. The Morgan fingerprint density at radius 1 is 1.03 bits per heavy atom. The topological polar surface area (TPSA) is 65.0 Å². The fraction of sp³-hybridized carbons (Fsp3) is 0.880. The van der Waals surface area contributed by atoms with Gasteiger partial charge in [0.1, 0.15) is 0 Å². The first-order valence-corrected chi connectivity index (χ1v) is 11.9. The third kappa shape index (κ3) is 2.87. The van der Waals surface area contributed by atoms with E-state index in [2.05, 4.69) is 13.8 Å². The number of esters is 1. The van der Waals surface area contributed by atoms with E-state index in [1.165, 1.54) is 12.7 Å². The van der Waals surface area contributed by atoms with Gasteiger partial charge in [-0.3, -0.25) is 0 Å². The molecule has 0 bridgehead atoms. The zero-order valence-corrected chi connectivity index (χ0v) is 19.1. The van der Waals surface area contributed by atoms with Crippen LogP contribution in [0.25, 0.3) is 0 Å². The van der Waals surface area contributed by atoms with Gasteiger partial charge in [0, 0.05) is 6.08 Å². The second-order valence-corrected chi connectivity index (χ2v) is 11.6. The lowest BCUT2D eigenvalue weighted by Crippen LogP contribution is -2.63. The van der Waals surface area contributed by atoms with E-state index >= 15 is 0 Å². The molecule has 0 aromatic rings. The van der Waals surface area contributed by atoms with Crippen molar-refractivity contribution < 1.29 is 24.1 Å². The molecule has 5 nitrogen and oxygen atoms in total. The highest BCUT2D eigenvalue weighted by Crippen LogP contribution is 2.69. The number of rotatable bonds is 1. The van der Waals surface area contributed by atoms with Gasteiger partial charge in [-0.2, -0.15) is 0 Å². The van der Waals surface area contributed by atoms with E-state index < -0.39 is 5.79 Å². The van der Waals surface area contributed by atoms with Crippen LogP contribution < -0.4 is 0 Å². The Morgan fingerprint density at radius 2 is 1.77 bits per heavy atom. The minimum Gasteiger partial charge on any atom is -0.466 e. The molecular weight excluding hydrogens is 380 g/mol. The van der Waals surface area contributed by atoms with Crippen LogP contribution in [-0.2, 0) is 19.0 Å². The van der Waals surface area contributed by atoms with Crippen LogP contribution in [0.3, 0.4) is 0 Å². The van der Waals surface area contributed by atoms with Gasteiger partial charge in [0.15, 0.2) is 5.79 Å². The lowest BCUT2D eigenvalue weighted by Gasteiger charge is -2.62. The maximum atomic E-state index is 12.0. The Kier molecular flexibility index (Phi) is 4.75. The van der Waals surface area contributed by atoms with Gasteiger partial charge in [0.2, 0.25) is 0 Å². The summed E-state index contributed by atoms with van der Waals surface area (Å²) >= 11 is 0. The van der Waals surface area contributed by atoms with Crippen molar-refractivity contribution in [2.45, 2.75) is 96.7 Å². The normalized spacial score (nSPS) is 52.9. The molecule has 1 N–H and O–H groups in total. The molecule has 4 aliphatic carbocycles. The van der Waals surface area contributed by atoms with Crippen LogP contribution in [0.4, 0.5) is 0 Å². The van der Waals surface area contributed by atoms with Gasteiger partial charge in [0.25, 0.3) is 0 Å². The zero-order chi connectivity index (χ0) is 21.5. The van der Waals surface area contributed by atoms with E-state index in [1.807, 2.05) is 13.8 Å². The minimum absolute atomic E-state index is 0.0351. The second kappa shape index (κ2) is 6.79. The van der Waals surface area contributed by atoms with Crippen LogP contribution in [0.1, 0.15) is 72.6 Å². The highest BCUT2D eigenvalue weighted by Gasteiger charge is 2.67. The summed E-state index contributed by atoms with van der Waals surface area (Å²) in [5.74, 6) is 1.07. The van der Waals surface area contributed by atoms with Crippen LogP contribution in [0.2, 0.25) is 0 Å². The van der Waals surface area contributed by atoms with E-state index in [4.69, 9.17) is 14.2 Å². The number of hydrogen-bond acceptors (Lipinski definition) is 5. The maximum absolute atomic E-state index is 12.0. The average molecular weight is 419 g/mol. The van der Waals surface area contributed by atoms with Crippen molar-refractivity contribution in [3.05, 3.63) is 11.6 Å². The largest absolute Gasteiger partial charge is 0.466 e. The molecule has 5 rings (SSSR count). The van der Waals surface area contributed by atoms with Crippen LogP contribution in [0.15, 0.2) is 11.6 Å². The second-order valence-electron chi connectivity index (χ2n) is 11.6. The monoisotopic (exact) mass is 418 g/mol. The van der Waals surface area contributed by atoms with Gasteiger partial charge in [0.05, 0.1) is 25.4 Å². The van der Waals surface area contributed by atoms with Crippen LogP contribution in [0.5, 0.6) is 0 Å². The highest BCUT2D eigenvalue weighted by atomic mass is 16.8. The molecular formula is C25H38O5. The molecule has 0 spiro atoms. The van der Waals surface area contributed by atoms with Crippen molar-refractivity contribution in [2.24, 2.45) is 34.5 Å². The first-order chi connectivity index (χ1) is 14.1. The molecule has 0 aromatic carbocycles. The summed E-state index contributed by atoms with van der Waals surface area (Å²) in [5, 5.41) is 10.5. The van der Waals surface area contributed by atoms with E-state index in [-0.39, 0.29) is 35.1 Å². The van der Waals surface area contributed by atoms with Gasteiger partial charge in [-0.25, -0.2) is 4.79 Å². The van der Waals surface area contributed by atoms with Gasteiger partial charge in [-0.05, 0) is 93.3 Å². The summed E-state index contributed by atoms with van der Waals surface area (Å²) in [7, 11) is 1.46. The first kappa shape index (κ1) is 21.0. The molecule has 1 aliphatic heterocycles. The summed E-state index contributed by atoms with van der Waals surface area (Å²) in [6, 6.07) is 0. The number of aliphatic hydroxyl groups excluding tert-OH is 1. The summed E-state index contributed by atoms with van der Waals surface area (Å²) in [6.45, 7) is 8.91. The summed E-state index contributed by atoms with van der Waals surface area (Å²) < 4.78 is 18.1. The van der Waals surface area contributed by atoms with E-state index in [1.54, 1.807) is 6.08 Å². The fourth-order valence-electron chi connectivity index (χ4n) is 8.45. The maximum Gasteiger partial charge on any atom is 0.330 e. The molecule has 1 heterocycles. The molecule has 0 amide bonds. The molecule has 5 aliphatic rings. The zero-order valence-electron chi connectivity index (χ0n) is 19.1. The molecule has 30 heavy (non-hydrogen) atoms. The minimum atomic E-state index is -0.579. The third-order valence-corrected chi connectivity index (χ3v) is 9.85. The standard InChI is InChI=1S/C25H38O5/c1-23(2)29-21-18-13-15(26)8-10-25(18,4)17-9-11-24(3)14(12-19(27)28-5)6-7-16(24)20(17)22(21)30-23/h12,15-18,20-22,26H,6-11,13H2,1-5H3/t15-,16?,17?,18?,20?,21+,22+,24+,25+/m0/s1. The highest BCUT2D eigenvalue weighted by molar-refractivity contribution is 5.83. The van der Waals surface area contributed by atoms with Crippen molar-refractivity contribution in [3.63, 3.8) is 0 Å². The van der Waals surface area contributed by atoms with Gasteiger partial charge in [-0.15, -0.1) is 0 Å². The van der Waals surface area contributed by atoms with E-state index in [0.29, 0.717) is 23.7 Å². The predicted molar refractivity (Wildman–Crippen MR) is 112 cm³/mol. The Labute approximate surface area is 180 Å². The van der Waals surface area contributed by atoms with Crippen LogP contribution in [0, 0.1) is 34.5 Å². The van der Waals surface area contributed by atoms with E-state index in [9.17, 15) is 9.90 Å². The number of fused-ring (bicyclic) bond motifs is 8. The first-order valence-electron chi connectivity index (χ1n) is 11.9. The molecule has 1 saturated heterocycles. The number of allylic oxidation sites excluding steroid dienone is 1. The lowest BCUT2D eigenvalue weighted by molar-refractivity contribution is -0.182. The molecule has 4 saturated carbocycles. The number of carbonyl (C=O) groups is 1. The predicted octanol–water partition coefficient (Wildman–Crippen LogP) is 4.23. The van der Waals surface area contributed by atoms with Gasteiger partial charge in [-0.1, -0.05) is 19.4 Å². The molecule has 0 radical (unpaired) electrons. The molecule has 5 fully saturated rings. The SMILES string of the molecule is COC(=O)C=C1CCC2C3C(CC[C@]12C)[C@@]1(C)CC[C@H](O)CC1[C@H]1OC(C)(C)O[C@H]31. The Hall–Kier alpha value is -0.910. The number of hydrogen-bond donors (Lipinski definition) is 1. The quantitative estimate of drug-likeness (QED) is 0.510. The summed E-state index contributed by atoms with van der Waals surface area (Å²) in [6.07, 6.45) is 8.83.